The first-order chi connectivity index (χ1) is 20.8. The van der Waals surface area contributed by atoms with Gasteiger partial charge in [-0.25, -0.2) is 9.78 Å². The molecule has 0 saturated carbocycles. The van der Waals surface area contributed by atoms with E-state index in [1.165, 1.54) is 23.0 Å². The molecule has 0 amide bonds. The van der Waals surface area contributed by atoms with E-state index in [-0.39, 0.29) is 33.8 Å². The standard InChI is InChI=1S/C32H21Cl2N3O6/c1-41-26-7-4-8-27-22(26)15-28(43-27)30-36-25-6-3-2-5-21(25)31(38)37(30)35-16-19-13-23(33)29(24(34)14-19)42-17-18-9-11-20(12-10-18)32(39)40/h2-16H,17H2,1H3,(H,39,40). The molecule has 0 aliphatic heterocycles. The van der Waals surface area contributed by atoms with Crippen LogP contribution in [0.2, 0.25) is 10.0 Å². The summed E-state index contributed by atoms with van der Waals surface area (Å²) in [4.78, 5) is 29.4. The number of para-hydroxylation sites is 1. The van der Waals surface area contributed by atoms with Crippen LogP contribution in [0.1, 0.15) is 21.5 Å². The summed E-state index contributed by atoms with van der Waals surface area (Å²) in [5.41, 5.74) is 2.08. The van der Waals surface area contributed by atoms with Crippen LogP contribution in [-0.2, 0) is 6.61 Å². The van der Waals surface area contributed by atoms with Crippen molar-refractivity contribution in [3.63, 3.8) is 0 Å². The summed E-state index contributed by atoms with van der Waals surface area (Å²) in [5, 5.41) is 15.1. The van der Waals surface area contributed by atoms with Crippen molar-refractivity contribution in [1.29, 1.82) is 0 Å². The largest absolute Gasteiger partial charge is 0.496 e. The van der Waals surface area contributed by atoms with Gasteiger partial charge in [-0.1, -0.05) is 53.5 Å². The third kappa shape index (κ3) is 5.55. The van der Waals surface area contributed by atoms with Crippen LogP contribution in [0.3, 0.4) is 0 Å². The van der Waals surface area contributed by atoms with E-state index >= 15 is 0 Å². The minimum absolute atomic E-state index is 0.122. The summed E-state index contributed by atoms with van der Waals surface area (Å²) in [6, 6.07) is 23.6. The van der Waals surface area contributed by atoms with Gasteiger partial charge in [0.25, 0.3) is 5.56 Å². The fourth-order valence-electron chi connectivity index (χ4n) is 4.53. The van der Waals surface area contributed by atoms with Crippen LogP contribution in [0.15, 0.2) is 99.2 Å². The molecule has 2 heterocycles. The number of hydrogen-bond donors (Lipinski definition) is 1. The van der Waals surface area contributed by atoms with Crippen molar-refractivity contribution < 1.29 is 23.8 Å². The topological polar surface area (TPSA) is 116 Å². The highest BCUT2D eigenvalue weighted by Gasteiger charge is 2.18. The van der Waals surface area contributed by atoms with Gasteiger partial charge in [-0.2, -0.15) is 9.78 Å². The summed E-state index contributed by atoms with van der Waals surface area (Å²) in [5.74, 6) is 0.390. The van der Waals surface area contributed by atoms with Gasteiger partial charge in [0.15, 0.2) is 11.5 Å². The molecule has 4 aromatic carbocycles. The highest BCUT2D eigenvalue weighted by atomic mass is 35.5. The maximum Gasteiger partial charge on any atom is 0.335 e. The summed E-state index contributed by atoms with van der Waals surface area (Å²) in [6.45, 7) is 0.122. The van der Waals surface area contributed by atoms with E-state index in [2.05, 4.69) is 5.10 Å². The number of rotatable bonds is 8. The first-order valence-corrected chi connectivity index (χ1v) is 13.6. The molecule has 0 unspecified atom stereocenters. The number of aromatic carboxylic acids is 1. The van der Waals surface area contributed by atoms with E-state index in [9.17, 15) is 9.59 Å². The fourth-order valence-corrected chi connectivity index (χ4v) is 5.14. The van der Waals surface area contributed by atoms with Gasteiger partial charge < -0.3 is 19.0 Å². The number of fused-ring (bicyclic) bond motifs is 2. The van der Waals surface area contributed by atoms with E-state index < -0.39 is 11.5 Å². The van der Waals surface area contributed by atoms with Crippen molar-refractivity contribution in [3.8, 4) is 23.1 Å². The van der Waals surface area contributed by atoms with Crippen LogP contribution in [0.4, 0.5) is 0 Å². The third-order valence-electron chi connectivity index (χ3n) is 6.64. The average molecular weight is 614 g/mol. The molecule has 11 heteroatoms. The lowest BCUT2D eigenvalue weighted by atomic mass is 10.1. The number of ether oxygens (including phenoxy) is 2. The maximum atomic E-state index is 13.6. The Morgan fingerprint density at radius 1 is 1.00 bits per heavy atom. The molecule has 0 atom stereocenters. The predicted molar refractivity (Wildman–Crippen MR) is 165 cm³/mol. The molecule has 6 aromatic rings. The number of halogens is 2. The summed E-state index contributed by atoms with van der Waals surface area (Å²) in [6.07, 6.45) is 1.44. The number of furan rings is 1. The van der Waals surface area contributed by atoms with E-state index in [4.69, 9.17) is 47.2 Å². The molecule has 0 spiro atoms. The second kappa shape index (κ2) is 11.6. The van der Waals surface area contributed by atoms with Gasteiger partial charge in [-0.05, 0) is 65.7 Å². The monoisotopic (exact) mass is 613 g/mol. The summed E-state index contributed by atoms with van der Waals surface area (Å²) in [7, 11) is 1.57. The van der Waals surface area contributed by atoms with Gasteiger partial charge >= 0.3 is 5.97 Å². The number of methoxy groups -OCH3 is 1. The number of benzene rings is 4. The van der Waals surface area contributed by atoms with Gasteiger partial charge in [0.05, 0.1) is 45.2 Å². The lowest BCUT2D eigenvalue weighted by Gasteiger charge is -2.11. The highest BCUT2D eigenvalue weighted by molar-refractivity contribution is 6.37. The quantitative estimate of drug-likeness (QED) is 0.179. The van der Waals surface area contributed by atoms with Crippen molar-refractivity contribution in [3.05, 3.63) is 122 Å². The summed E-state index contributed by atoms with van der Waals surface area (Å²) >= 11 is 13.0. The molecule has 0 saturated heterocycles. The van der Waals surface area contributed by atoms with Crippen molar-refractivity contribution in [2.75, 3.05) is 7.11 Å². The van der Waals surface area contributed by atoms with Crippen LogP contribution in [0.5, 0.6) is 11.5 Å². The Morgan fingerprint density at radius 3 is 2.47 bits per heavy atom. The van der Waals surface area contributed by atoms with Crippen molar-refractivity contribution >= 4 is 57.3 Å². The molecule has 6 rings (SSSR count). The molecular weight excluding hydrogens is 593 g/mol. The SMILES string of the molecule is COc1cccc2oc(-c3nc4ccccc4c(=O)n3N=Cc3cc(Cl)c(OCc4ccc(C(=O)O)cc4)c(Cl)c3)cc12. The molecule has 214 valence electrons. The molecule has 0 aliphatic carbocycles. The van der Waals surface area contributed by atoms with E-state index in [1.807, 2.05) is 12.1 Å². The Bertz CT molecular complexity index is 2080. The first-order valence-electron chi connectivity index (χ1n) is 12.9. The Kier molecular flexibility index (Phi) is 7.58. The molecule has 0 radical (unpaired) electrons. The Morgan fingerprint density at radius 2 is 1.74 bits per heavy atom. The molecule has 1 N–H and O–H groups in total. The molecule has 0 bridgehead atoms. The number of aromatic nitrogens is 2. The number of hydrogen-bond acceptors (Lipinski definition) is 7. The van der Waals surface area contributed by atoms with E-state index in [0.29, 0.717) is 33.6 Å². The van der Waals surface area contributed by atoms with Crippen molar-refractivity contribution in [2.45, 2.75) is 6.61 Å². The zero-order valence-electron chi connectivity index (χ0n) is 22.5. The van der Waals surface area contributed by atoms with Gasteiger partial charge in [-0.15, -0.1) is 0 Å². The van der Waals surface area contributed by atoms with Crippen LogP contribution in [-0.4, -0.2) is 34.1 Å². The molecule has 9 nitrogen and oxygen atoms in total. The number of carboxylic acids is 1. The van der Waals surface area contributed by atoms with E-state index in [1.54, 1.807) is 67.8 Å². The minimum Gasteiger partial charge on any atom is -0.496 e. The molecule has 0 fully saturated rings. The minimum atomic E-state index is -1.01. The second-order valence-corrected chi connectivity index (χ2v) is 10.2. The summed E-state index contributed by atoms with van der Waals surface area (Å²) < 4.78 is 18.5. The van der Waals surface area contributed by atoms with Gasteiger partial charge in [0.1, 0.15) is 17.9 Å². The first kappa shape index (κ1) is 28.0. The zero-order valence-corrected chi connectivity index (χ0v) is 24.0. The lowest BCUT2D eigenvalue weighted by Crippen LogP contribution is -2.20. The van der Waals surface area contributed by atoms with Crippen molar-refractivity contribution in [2.24, 2.45) is 5.10 Å². The lowest BCUT2D eigenvalue weighted by molar-refractivity contribution is 0.0697. The highest BCUT2D eigenvalue weighted by Crippen LogP contribution is 2.35. The third-order valence-corrected chi connectivity index (χ3v) is 7.20. The number of carbonyl (C=O) groups is 1. The van der Waals surface area contributed by atoms with Crippen LogP contribution < -0.4 is 15.0 Å². The maximum absolute atomic E-state index is 13.6. The second-order valence-electron chi connectivity index (χ2n) is 9.40. The van der Waals surface area contributed by atoms with Crippen LogP contribution in [0.25, 0.3) is 33.5 Å². The van der Waals surface area contributed by atoms with E-state index in [0.717, 1.165) is 10.9 Å². The number of carboxylic acid groups (broad SMARTS) is 1. The van der Waals surface area contributed by atoms with Gasteiger partial charge in [0, 0.05) is 0 Å². The molecule has 43 heavy (non-hydrogen) atoms. The molecule has 0 aliphatic rings. The van der Waals surface area contributed by atoms with Gasteiger partial charge in [-0.3, -0.25) is 4.79 Å². The Labute approximate surface area is 254 Å². The molecule has 2 aromatic heterocycles. The predicted octanol–water partition coefficient (Wildman–Crippen LogP) is 7.28. The Hall–Kier alpha value is -5.12. The van der Waals surface area contributed by atoms with Gasteiger partial charge in [0.2, 0.25) is 5.82 Å². The van der Waals surface area contributed by atoms with Crippen molar-refractivity contribution in [1.82, 2.24) is 9.66 Å². The normalized spacial score (nSPS) is 11.4. The van der Waals surface area contributed by atoms with Crippen LogP contribution in [0, 0.1) is 0 Å². The number of nitrogens with zero attached hydrogens (tertiary/aromatic N) is 3. The zero-order chi connectivity index (χ0) is 30.1. The Balaban J connectivity index is 1.35. The smallest absolute Gasteiger partial charge is 0.335 e. The molecular formula is C32H21Cl2N3O6. The average Bonchev–Trinajstić information content (AvgIpc) is 3.45. The fraction of sp³-hybridized carbons (Fsp3) is 0.0625. The van der Waals surface area contributed by atoms with Crippen LogP contribution >= 0.6 is 23.2 Å².